The van der Waals surface area contributed by atoms with E-state index in [2.05, 4.69) is 20.8 Å². The average molecular weight is 260 g/mol. The van der Waals surface area contributed by atoms with Crippen LogP contribution in [0.5, 0.6) is 0 Å². The highest BCUT2D eigenvalue weighted by molar-refractivity contribution is 5.92. The van der Waals surface area contributed by atoms with Crippen LogP contribution in [0.4, 0.5) is 5.82 Å². The molecule has 0 spiro atoms. The molecule has 0 atom stereocenters. The molecule has 19 heavy (non-hydrogen) atoms. The van der Waals surface area contributed by atoms with E-state index in [0.717, 1.165) is 12.3 Å². The van der Waals surface area contributed by atoms with Gasteiger partial charge in [-0.05, 0) is 31.2 Å². The first-order valence-corrected chi connectivity index (χ1v) is 6.17. The second kappa shape index (κ2) is 6.53. The van der Waals surface area contributed by atoms with Crippen LogP contribution in [-0.2, 0) is 6.42 Å². The van der Waals surface area contributed by atoms with E-state index in [0.29, 0.717) is 24.5 Å². The van der Waals surface area contributed by atoms with E-state index in [1.54, 1.807) is 18.4 Å². The van der Waals surface area contributed by atoms with Crippen LogP contribution in [0.25, 0.3) is 0 Å². The number of hydrogen-bond donors (Lipinski definition) is 2. The first-order chi connectivity index (χ1) is 9.29. The molecule has 0 saturated carbocycles. The molecular formula is C13H16N4O2. The van der Waals surface area contributed by atoms with Gasteiger partial charge in [0.05, 0.1) is 6.26 Å². The Labute approximate surface area is 111 Å². The quantitative estimate of drug-likeness (QED) is 0.822. The SMILES string of the molecule is CCNc1ccc(C(=O)NCCc2ccco2)nn1. The molecule has 0 unspecified atom stereocenters. The number of amides is 1. The van der Waals surface area contributed by atoms with E-state index in [9.17, 15) is 4.79 Å². The first-order valence-electron chi connectivity index (χ1n) is 6.17. The fourth-order valence-electron chi connectivity index (χ4n) is 1.57. The number of nitrogens with one attached hydrogen (secondary N) is 2. The maximum Gasteiger partial charge on any atom is 0.271 e. The number of hydrogen-bond acceptors (Lipinski definition) is 5. The minimum Gasteiger partial charge on any atom is -0.469 e. The summed E-state index contributed by atoms with van der Waals surface area (Å²) in [6.07, 6.45) is 2.27. The van der Waals surface area contributed by atoms with E-state index < -0.39 is 0 Å². The van der Waals surface area contributed by atoms with Crippen LogP contribution in [0, 0.1) is 0 Å². The number of nitrogens with zero attached hydrogens (tertiary/aromatic N) is 2. The summed E-state index contributed by atoms with van der Waals surface area (Å²) in [5.74, 6) is 1.27. The average Bonchev–Trinajstić information content (AvgIpc) is 2.93. The summed E-state index contributed by atoms with van der Waals surface area (Å²) in [6.45, 7) is 3.24. The largest absolute Gasteiger partial charge is 0.469 e. The van der Waals surface area contributed by atoms with Gasteiger partial charge >= 0.3 is 0 Å². The summed E-state index contributed by atoms with van der Waals surface area (Å²) in [5.41, 5.74) is 0.307. The zero-order chi connectivity index (χ0) is 13.5. The fourth-order valence-corrected chi connectivity index (χ4v) is 1.57. The lowest BCUT2D eigenvalue weighted by Crippen LogP contribution is -2.26. The molecule has 0 saturated heterocycles. The lowest BCUT2D eigenvalue weighted by atomic mass is 10.3. The molecule has 2 aromatic heterocycles. The summed E-state index contributed by atoms with van der Waals surface area (Å²) in [7, 11) is 0. The van der Waals surface area contributed by atoms with E-state index in [-0.39, 0.29) is 5.91 Å². The molecule has 0 bridgehead atoms. The first kappa shape index (κ1) is 13.1. The second-order valence-electron chi connectivity index (χ2n) is 3.92. The van der Waals surface area contributed by atoms with Gasteiger partial charge < -0.3 is 15.1 Å². The van der Waals surface area contributed by atoms with Gasteiger partial charge in [0.2, 0.25) is 0 Å². The number of carbonyl (C=O) groups excluding carboxylic acids is 1. The van der Waals surface area contributed by atoms with Crippen molar-refractivity contribution in [1.82, 2.24) is 15.5 Å². The standard InChI is InChI=1S/C13H16N4O2/c1-2-14-12-6-5-11(16-17-12)13(18)15-8-7-10-4-3-9-19-10/h3-6,9H,2,7-8H2,1H3,(H,14,17)(H,15,18). The van der Waals surface area contributed by atoms with Crippen LogP contribution >= 0.6 is 0 Å². The molecule has 2 aromatic rings. The van der Waals surface area contributed by atoms with Crippen molar-refractivity contribution in [1.29, 1.82) is 0 Å². The zero-order valence-electron chi connectivity index (χ0n) is 10.7. The lowest BCUT2D eigenvalue weighted by Gasteiger charge is -2.04. The van der Waals surface area contributed by atoms with Gasteiger partial charge in [0, 0.05) is 19.5 Å². The minimum absolute atomic E-state index is 0.234. The Morgan fingerprint density at radius 2 is 2.21 bits per heavy atom. The van der Waals surface area contributed by atoms with Crippen LogP contribution in [0.3, 0.4) is 0 Å². The van der Waals surface area contributed by atoms with Gasteiger partial charge in [-0.3, -0.25) is 4.79 Å². The molecule has 6 nitrogen and oxygen atoms in total. The lowest BCUT2D eigenvalue weighted by molar-refractivity contribution is 0.0948. The molecule has 1 amide bonds. The molecule has 0 aliphatic rings. The monoisotopic (exact) mass is 260 g/mol. The van der Waals surface area contributed by atoms with E-state index in [4.69, 9.17) is 4.42 Å². The van der Waals surface area contributed by atoms with Crippen LogP contribution in [0.2, 0.25) is 0 Å². The third-order valence-corrected chi connectivity index (χ3v) is 2.49. The highest BCUT2D eigenvalue weighted by atomic mass is 16.3. The molecule has 0 aromatic carbocycles. The minimum atomic E-state index is -0.234. The zero-order valence-corrected chi connectivity index (χ0v) is 10.7. The number of anilines is 1. The molecule has 2 rings (SSSR count). The number of furan rings is 1. The highest BCUT2D eigenvalue weighted by Crippen LogP contribution is 2.02. The molecule has 0 aliphatic carbocycles. The van der Waals surface area contributed by atoms with Crippen molar-refractivity contribution in [3.05, 3.63) is 42.0 Å². The topological polar surface area (TPSA) is 80.0 Å². The van der Waals surface area contributed by atoms with Gasteiger partial charge in [0.15, 0.2) is 5.69 Å². The summed E-state index contributed by atoms with van der Waals surface area (Å²) < 4.78 is 5.18. The number of aromatic nitrogens is 2. The van der Waals surface area contributed by atoms with Crippen molar-refractivity contribution in [3.8, 4) is 0 Å². The Hall–Kier alpha value is -2.37. The van der Waals surface area contributed by atoms with Crippen molar-refractivity contribution in [2.24, 2.45) is 0 Å². The van der Waals surface area contributed by atoms with E-state index in [1.807, 2.05) is 19.1 Å². The Bertz CT molecular complexity index is 508. The van der Waals surface area contributed by atoms with Gasteiger partial charge in [-0.1, -0.05) is 0 Å². The van der Waals surface area contributed by atoms with Crippen molar-refractivity contribution in [2.75, 3.05) is 18.4 Å². The molecular weight excluding hydrogens is 244 g/mol. The molecule has 0 radical (unpaired) electrons. The molecule has 0 fully saturated rings. The van der Waals surface area contributed by atoms with Crippen molar-refractivity contribution in [3.63, 3.8) is 0 Å². The van der Waals surface area contributed by atoms with Gasteiger partial charge in [0.1, 0.15) is 11.6 Å². The van der Waals surface area contributed by atoms with Crippen molar-refractivity contribution in [2.45, 2.75) is 13.3 Å². The maximum absolute atomic E-state index is 11.8. The van der Waals surface area contributed by atoms with Gasteiger partial charge in [-0.2, -0.15) is 0 Å². The van der Waals surface area contributed by atoms with Gasteiger partial charge in [-0.25, -0.2) is 0 Å². The Kier molecular flexibility index (Phi) is 4.49. The van der Waals surface area contributed by atoms with E-state index >= 15 is 0 Å². The van der Waals surface area contributed by atoms with Crippen molar-refractivity contribution >= 4 is 11.7 Å². The second-order valence-corrected chi connectivity index (χ2v) is 3.92. The van der Waals surface area contributed by atoms with Crippen LogP contribution in [-0.4, -0.2) is 29.2 Å². The maximum atomic E-state index is 11.8. The normalized spacial score (nSPS) is 10.2. The fraction of sp³-hybridized carbons (Fsp3) is 0.308. The molecule has 6 heteroatoms. The Balaban J connectivity index is 1.82. The highest BCUT2D eigenvalue weighted by Gasteiger charge is 2.07. The predicted octanol–water partition coefficient (Wildman–Crippen LogP) is 1.47. The number of rotatable bonds is 6. The molecule has 2 heterocycles. The van der Waals surface area contributed by atoms with Gasteiger partial charge in [-0.15, -0.1) is 10.2 Å². The summed E-state index contributed by atoms with van der Waals surface area (Å²) in [6, 6.07) is 7.07. The smallest absolute Gasteiger partial charge is 0.271 e. The molecule has 2 N–H and O–H groups in total. The number of carbonyl (C=O) groups is 1. The molecule has 100 valence electrons. The predicted molar refractivity (Wildman–Crippen MR) is 70.9 cm³/mol. The van der Waals surface area contributed by atoms with E-state index in [1.165, 1.54) is 0 Å². The van der Waals surface area contributed by atoms with Crippen LogP contribution in [0.15, 0.2) is 34.9 Å². The van der Waals surface area contributed by atoms with Gasteiger partial charge in [0.25, 0.3) is 5.91 Å². The van der Waals surface area contributed by atoms with Crippen LogP contribution in [0.1, 0.15) is 23.2 Å². The van der Waals surface area contributed by atoms with Crippen molar-refractivity contribution < 1.29 is 9.21 Å². The Morgan fingerprint density at radius 1 is 1.32 bits per heavy atom. The third-order valence-electron chi connectivity index (χ3n) is 2.49. The third kappa shape index (κ3) is 3.80. The Morgan fingerprint density at radius 3 is 2.84 bits per heavy atom. The summed E-state index contributed by atoms with van der Waals surface area (Å²) in [5, 5.41) is 13.6. The summed E-state index contributed by atoms with van der Waals surface area (Å²) >= 11 is 0. The summed E-state index contributed by atoms with van der Waals surface area (Å²) in [4.78, 5) is 11.8. The van der Waals surface area contributed by atoms with Crippen LogP contribution < -0.4 is 10.6 Å². The molecule has 0 aliphatic heterocycles.